The van der Waals surface area contributed by atoms with E-state index in [-0.39, 0.29) is 12.0 Å². The van der Waals surface area contributed by atoms with E-state index in [4.69, 9.17) is 10.4 Å². The number of rotatable bonds is 3. The van der Waals surface area contributed by atoms with Crippen LogP contribution in [-0.2, 0) is 0 Å². The Morgan fingerprint density at radius 2 is 2.13 bits per heavy atom. The molecule has 0 aliphatic heterocycles. The molecule has 0 heterocycles. The van der Waals surface area contributed by atoms with Gasteiger partial charge >= 0.3 is 6.18 Å². The molecular weight excluding hydrogens is 209 g/mol. The van der Waals surface area contributed by atoms with Gasteiger partial charge in [-0.3, -0.25) is 0 Å². The fourth-order valence-electron chi connectivity index (χ4n) is 1.74. The summed E-state index contributed by atoms with van der Waals surface area (Å²) >= 11 is 0. The Bertz CT molecular complexity index is 249. The minimum atomic E-state index is -4.59. The number of hydrogen-bond donors (Lipinski definition) is 2. The highest BCUT2D eigenvalue weighted by Gasteiger charge is 2.39. The van der Waals surface area contributed by atoms with Crippen molar-refractivity contribution in [1.82, 2.24) is 5.32 Å². The molecule has 15 heavy (non-hydrogen) atoms. The predicted octanol–water partition coefficient (Wildman–Crippen LogP) is 1.19. The Labute approximate surface area is 85.9 Å². The molecule has 1 saturated carbocycles. The van der Waals surface area contributed by atoms with Gasteiger partial charge in [-0.25, -0.2) is 0 Å². The van der Waals surface area contributed by atoms with E-state index < -0.39 is 18.8 Å². The van der Waals surface area contributed by atoms with Gasteiger partial charge in [0.2, 0.25) is 0 Å². The first-order valence-electron chi connectivity index (χ1n) is 4.83. The highest BCUT2D eigenvalue weighted by molar-refractivity contribution is 4.96. The molecule has 0 aromatic rings. The van der Waals surface area contributed by atoms with E-state index >= 15 is 0 Å². The number of nitrogens with zero attached hydrogens (tertiary/aromatic N) is 1. The van der Waals surface area contributed by atoms with Crippen LogP contribution in [-0.4, -0.2) is 30.0 Å². The SMILES string of the molecule is N#CC1CCCC1NCC(O)C(F)(F)F. The first-order chi connectivity index (χ1) is 6.95. The monoisotopic (exact) mass is 222 g/mol. The number of nitrogens with one attached hydrogen (secondary N) is 1. The molecule has 86 valence electrons. The molecule has 0 spiro atoms. The van der Waals surface area contributed by atoms with Crippen molar-refractivity contribution in [3.8, 4) is 6.07 Å². The van der Waals surface area contributed by atoms with Gasteiger partial charge < -0.3 is 10.4 Å². The maximum absolute atomic E-state index is 11.9. The Kier molecular flexibility index (Phi) is 3.94. The van der Waals surface area contributed by atoms with Crippen LogP contribution in [0, 0.1) is 17.2 Å². The number of alkyl halides is 3. The van der Waals surface area contributed by atoms with Crippen LogP contribution in [0.15, 0.2) is 0 Å². The molecule has 0 bridgehead atoms. The summed E-state index contributed by atoms with van der Waals surface area (Å²) in [6.45, 7) is -0.535. The molecule has 0 radical (unpaired) electrons. The van der Waals surface area contributed by atoms with Gasteiger partial charge in [0.25, 0.3) is 0 Å². The number of hydrogen-bond acceptors (Lipinski definition) is 3. The molecule has 2 N–H and O–H groups in total. The Morgan fingerprint density at radius 1 is 1.47 bits per heavy atom. The first-order valence-corrected chi connectivity index (χ1v) is 4.83. The van der Waals surface area contributed by atoms with Gasteiger partial charge in [-0.2, -0.15) is 18.4 Å². The average Bonchev–Trinajstić information content (AvgIpc) is 2.59. The summed E-state index contributed by atoms with van der Waals surface area (Å²) in [5, 5.41) is 20.0. The molecule has 0 amide bonds. The molecule has 0 saturated heterocycles. The van der Waals surface area contributed by atoms with Crippen molar-refractivity contribution in [3.05, 3.63) is 0 Å². The molecule has 6 heteroatoms. The minimum Gasteiger partial charge on any atom is -0.382 e. The lowest BCUT2D eigenvalue weighted by Gasteiger charge is -2.20. The zero-order valence-electron chi connectivity index (χ0n) is 8.09. The Hall–Kier alpha value is -0.800. The molecule has 1 fully saturated rings. The summed E-state index contributed by atoms with van der Waals surface area (Å²) in [6.07, 6.45) is -4.68. The van der Waals surface area contributed by atoms with Gasteiger partial charge in [-0.1, -0.05) is 6.42 Å². The topological polar surface area (TPSA) is 56.0 Å². The zero-order valence-corrected chi connectivity index (χ0v) is 8.09. The summed E-state index contributed by atoms with van der Waals surface area (Å²) in [4.78, 5) is 0. The predicted molar refractivity (Wildman–Crippen MR) is 46.8 cm³/mol. The third-order valence-electron chi connectivity index (χ3n) is 2.63. The van der Waals surface area contributed by atoms with E-state index in [9.17, 15) is 13.2 Å². The van der Waals surface area contributed by atoms with Gasteiger partial charge in [-0.15, -0.1) is 0 Å². The molecule has 0 aromatic carbocycles. The standard InChI is InChI=1S/C9H13F3N2O/c10-9(11,12)8(15)5-14-7-3-1-2-6(7)4-13/h6-8,14-15H,1-3,5H2. The molecule has 1 rings (SSSR count). The normalized spacial score (nSPS) is 28.7. The number of nitriles is 1. The summed E-state index contributed by atoms with van der Waals surface area (Å²) < 4.78 is 35.8. The van der Waals surface area contributed by atoms with Crippen LogP contribution >= 0.6 is 0 Å². The third-order valence-corrected chi connectivity index (χ3v) is 2.63. The summed E-state index contributed by atoms with van der Waals surface area (Å²) in [6, 6.07) is 1.84. The van der Waals surface area contributed by atoms with Crippen molar-refractivity contribution in [1.29, 1.82) is 5.26 Å². The lowest BCUT2D eigenvalue weighted by molar-refractivity contribution is -0.202. The van der Waals surface area contributed by atoms with Crippen LogP contribution in [0.2, 0.25) is 0 Å². The van der Waals surface area contributed by atoms with Crippen LogP contribution in [0.1, 0.15) is 19.3 Å². The highest BCUT2D eigenvalue weighted by Crippen LogP contribution is 2.25. The van der Waals surface area contributed by atoms with Crippen molar-refractivity contribution in [2.24, 2.45) is 5.92 Å². The molecule has 0 aromatic heterocycles. The second-order valence-corrected chi connectivity index (χ2v) is 3.74. The molecule has 1 aliphatic rings. The minimum absolute atomic E-state index is 0.216. The van der Waals surface area contributed by atoms with E-state index in [1.54, 1.807) is 0 Å². The van der Waals surface area contributed by atoms with Crippen LogP contribution in [0.3, 0.4) is 0 Å². The van der Waals surface area contributed by atoms with Crippen LogP contribution < -0.4 is 5.32 Å². The van der Waals surface area contributed by atoms with Crippen molar-refractivity contribution in [2.45, 2.75) is 37.6 Å². The average molecular weight is 222 g/mol. The van der Waals surface area contributed by atoms with Crippen LogP contribution in [0.4, 0.5) is 13.2 Å². The van der Waals surface area contributed by atoms with Crippen LogP contribution in [0.5, 0.6) is 0 Å². The van der Waals surface area contributed by atoms with E-state index in [0.717, 1.165) is 12.8 Å². The number of halogens is 3. The van der Waals surface area contributed by atoms with E-state index in [1.807, 2.05) is 0 Å². The Morgan fingerprint density at radius 3 is 2.67 bits per heavy atom. The maximum atomic E-state index is 11.9. The van der Waals surface area contributed by atoms with Gasteiger partial charge in [0.1, 0.15) is 0 Å². The summed E-state index contributed by atoms with van der Waals surface area (Å²) in [5.41, 5.74) is 0. The van der Waals surface area contributed by atoms with Crippen molar-refractivity contribution < 1.29 is 18.3 Å². The zero-order chi connectivity index (χ0) is 11.5. The van der Waals surface area contributed by atoms with Crippen molar-refractivity contribution in [3.63, 3.8) is 0 Å². The van der Waals surface area contributed by atoms with Crippen molar-refractivity contribution >= 4 is 0 Å². The fourth-order valence-corrected chi connectivity index (χ4v) is 1.74. The fraction of sp³-hybridized carbons (Fsp3) is 0.889. The van der Waals surface area contributed by atoms with E-state index in [2.05, 4.69) is 11.4 Å². The Balaban J connectivity index is 2.34. The van der Waals surface area contributed by atoms with E-state index in [0.29, 0.717) is 6.42 Å². The van der Waals surface area contributed by atoms with Crippen LogP contribution in [0.25, 0.3) is 0 Å². The second kappa shape index (κ2) is 4.81. The lowest BCUT2D eigenvalue weighted by Crippen LogP contribution is -2.43. The smallest absolute Gasteiger partial charge is 0.382 e. The maximum Gasteiger partial charge on any atom is 0.415 e. The summed E-state index contributed by atoms with van der Waals surface area (Å²) in [7, 11) is 0. The highest BCUT2D eigenvalue weighted by atomic mass is 19.4. The lowest BCUT2D eigenvalue weighted by atomic mass is 10.1. The third kappa shape index (κ3) is 3.36. The van der Waals surface area contributed by atoms with Gasteiger partial charge in [-0.05, 0) is 12.8 Å². The van der Waals surface area contributed by atoms with E-state index in [1.165, 1.54) is 0 Å². The quantitative estimate of drug-likeness (QED) is 0.754. The number of aliphatic hydroxyl groups is 1. The molecule has 3 atom stereocenters. The summed E-state index contributed by atoms with van der Waals surface area (Å²) in [5.74, 6) is -0.231. The van der Waals surface area contributed by atoms with Crippen molar-refractivity contribution in [2.75, 3.05) is 6.54 Å². The molecule has 1 aliphatic carbocycles. The first kappa shape index (κ1) is 12.3. The van der Waals surface area contributed by atoms with Gasteiger partial charge in [0.15, 0.2) is 6.10 Å². The largest absolute Gasteiger partial charge is 0.415 e. The molecule has 3 unspecified atom stereocenters. The molecular formula is C9H13F3N2O. The van der Waals surface area contributed by atoms with Gasteiger partial charge in [0.05, 0.1) is 12.0 Å². The van der Waals surface area contributed by atoms with Gasteiger partial charge in [0, 0.05) is 12.6 Å². The number of aliphatic hydroxyl groups excluding tert-OH is 1. The second-order valence-electron chi connectivity index (χ2n) is 3.74. The molecule has 3 nitrogen and oxygen atoms in total.